The highest BCUT2D eigenvalue weighted by molar-refractivity contribution is 6.10. The number of carbonyl (C=O) groups excluding carboxylic acids is 1. The van der Waals surface area contributed by atoms with Crippen molar-refractivity contribution in [2.75, 3.05) is 6.61 Å². The third kappa shape index (κ3) is 5.70. The molecule has 0 bridgehead atoms. The lowest BCUT2D eigenvalue weighted by Gasteiger charge is -2.14. The van der Waals surface area contributed by atoms with E-state index in [0.717, 1.165) is 5.75 Å². The Bertz CT molecular complexity index is 1330. The minimum Gasteiger partial charge on any atom is -0.491 e. The largest absolute Gasteiger partial charge is 0.491 e. The van der Waals surface area contributed by atoms with Crippen LogP contribution in [0.2, 0.25) is 0 Å². The number of carboxylic acid groups (broad SMARTS) is 1. The number of ketones is 1. The Balaban J connectivity index is 1.44. The van der Waals surface area contributed by atoms with Gasteiger partial charge in [-0.05, 0) is 54.6 Å². The fourth-order valence-electron chi connectivity index (χ4n) is 3.79. The molecule has 35 heavy (non-hydrogen) atoms. The number of carboxylic acids is 1. The summed E-state index contributed by atoms with van der Waals surface area (Å²) in [5, 5.41) is 20.5. The zero-order chi connectivity index (χ0) is 24.9. The van der Waals surface area contributed by atoms with Crippen molar-refractivity contribution in [2.24, 2.45) is 5.92 Å². The molecule has 1 atom stereocenters. The highest BCUT2D eigenvalue weighted by Gasteiger charge is 2.20. The molecule has 2 N–H and O–H groups in total. The summed E-state index contributed by atoms with van der Waals surface area (Å²) in [6.07, 6.45) is 0.824. The number of ether oxygens (including phenoxy) is 2. The van der Waals surface area contributed by atoms with E-state index in [9.17, 15) is 19.8 Å². The molecule has 4 rings (SSSR count). The van der Waals surface area contributed by atoms with Crippen molar-refractivity contribution < 1.29 is 29.3 Å². The van der Waals surface area contributed by atoms with E-state index in [0.29, 0.717) is 28.0 Å². The average Bonchev–Trinajstić information content (AvgIpc) is 3.21. The van der Waals surface area contributed by atoms with Gasteiger partial charge >= 0.3 is 5.97 Å². The summed E-state index contributed by atoms with van der Waals surface area (Å²) < 4.78 is 13.3. The quantitative estimate of drug-likeness (QED) is 0.299. The van der Waals surface area contributed by atoms with Crippen molar-refractivity contribution in [3.05, 3.63) is 90.1 Å². The Morgan fingerprint density at radius 3 is 2.23 bits per heavy atom. The Kier molecular flexibility index (Phi) is 7.17. The zero-order valence-corrected chi connectivity index (χ0v) is 19.5. The highest BCUT2D eigenvalue weighted by Crippen LogP contribution is 2.27. The van der Waals surface area contributed by atoms with Crippen molar-refractivity contribution in [2.45, 2.75) is 26.5 Å². The van der Waals surface area contributed by atoms with Crippen molar-refractivity contribution in [3.63, 3.8) is 0 Å². The summed E-state index contributed by atoms with van der Waals surface area (Å²) >= 11 is 0. The van der Waals surface area contributed by atoms with Crippen molar-refractivity contribution >= 4 is 22.7 Å². The van der Waals surface area contributed by atoms with Crippen molar-refractivity contribution in [1.29, 1.82) is 0 Å². The molecule has 180 valence electrons. The van der Waals surface area contributed by atoms with Gasteiger partial charge in [0.2, 0.25) is 0 Å². The first-order chi connectivity index (χ1) is 16.8. The summed E-state index contributed by atoms with van der Waals surface area (Å²) in [5.74, 6) is 0.608. The minimum atomic E-state index is -1.06. The summed E-state index contributed by atoms with van der Waals surface area (Å²) in [7, 11) is 0. The molecule has 0 aliphatic rings. The van der Waals surface area contributed by atoms with Gasteiger partial charge in [-0.15, -0.1) is 0 Å². The third-order valence-electron chi connectivity index (χ3n) is 5.57. The molecule has 0 fully saturated rings. The molecule has 0 spiro atoms. The minimum absolute atomic E-state index is 0.0409. The maximum atomic E-state index is 12.7. The van der Waals surface area contributed by atoms with Gasteiger partial charge in [-0.2, -0.15) is 0 Å². The van der Waals surface area contributed by atoms with Crippen molar-refractivity contribution in [3.8, 4) is 17.2 Å². The molecule has 1 aromatic heterocycles. The first kappa shape index (κ1) is 24.0. The summed E-state index contributed by atoms with van der Waals surface area (Å²) in [4.78, 5) is 24.2. The molecule has 3 aromatic carbocycles. The van der Waals surface area contributed by atoms with Crippen LogP contribution in [0.4, 0.5) is 0 Å². The third-order valence-corrected chi connectivity index (χ3v) is 5.57. The average molecular weight is 474 g/mol. The Labute approximate surface area is 203 Å². The van der Waals surface area contributed by atoms with Gasteiger partial charge in [0.15, 0.2) is 5.78 Å². The summed E-state index contributed by atoms with van der Waals surface area (Å²) in [5.41, 5.74) is 1.23. The van der Waals surface area contributed by atoms with Crippen LogP contribution < -0.4 is 9.47 Å². The molecule has 7 nitrogen and oxygen atoms in total. The summed E-state index contributed by atoms with van der Waals surface area (Å²) in [6, 6.07) is 21.2. The Morgan fingerprint density at radius 2 is 1.57 bits per heavy atom. The van der Waals surface area contributed by atoms with Gasteiger partial charge in [0.25, 0.3) is 0 Å². The number of aromatic nitrogens is 1. The maximum Gasteiger partial charge on any atom is 0.335 e. The van der Waals surface area contributed by atoms with E-state index in [1.54, 1.807) is 54.9 Å². The van der Waals surface area contributed by atoms with Gasteiger partial charge in [-0.1, -0.05) is 32.0 Å². The second-order valence-electron chi connectivity index (χ2n) is 8.60. The Morgan fingerprint density at radius 1 is 0.914 bits per heavy atom. The standard InChI is InChI=1S/C28H27NO6/c1-18(2)27(31)25-16-29(26-13-8-19(28(32)33)14-24(25)26)15-20(30)17-34-21-9-11-23(12-10-21)35-22-6-4-3-5-7-22/h3-14,16,18,20,30H,15,17H2,1-2H3,(H,32,33)/t20-/m0/s1. The summed E-state index contributed by atoms with van der Waals surface area (Å²) in [6.45, 7) is 3.82. The molecule has 0 amide bonds. The molecule has 4 aromatic rings. The lowest BCUT2D eigenvalue weighted by molar-refractivity contribution is 0.0696. The van der Waals surface area contributed by atoms with Gasteiger partial charge < -0.3 is 24.3 Å². The van der Waals surface area contributed by atoms with Crippen LogP contribution in [0.3, 0.4) is 0 Å². The van der Waals surface area contributed by atoms with Gasteiger partial charge in [-0.3, -0.25) is 4.79 Å². The zero-order valence-electron chi connectivity index (χ0n) is 19.5. The molecule has 0 saturated carbocycles. The monoisotopic (exact) mass is 473 g/mol. The normalized spacial score (nSPS) is 12.0. The number of hydrogen-bond acceptors (Lipinski definition) is 5. The number of Topliss-reactive ketones (excluding diaryl/α,β-unsaturated/α-hetero) is 1. The van der Waals surface area contributed by atoms with Crippen LogP contribution in [0.15, 0.2) is 79.0 Å². The van der Waals surface area contributed by atoms with E-state index < -0.39 is 12.1 Å². The topological polar surface area (TPSA) is 98.0 Å². The van der Waals surface area contributed by atoms with Crippen LogP contribution in [0.25, 0.3) is 10.9 Å². The highest BCUT2D eigenvalue weighted by atomic mass is 16.5. The van der Waals surface area contributed by atoms with E-state index in [1.165, 1.54) is 12.1 Å². The van der Waals surface area contributed by atoms with Crippen LogP contribution >= 0.6 is 0 Å². The lowest BCUT2D eigenvalue weighted by Crippen LogP contribution is -2.23. The molecule has 1 heterocycles. The van der Waals surface area contributed by atoms with E-state index in [2.05, 4.69) is 0 Å². The second kappa shape index (κ2) is 10.4. The number of para-hydroxylation sites is 1. The van der Waals surface area contributed by atoms with Gasteiger partial charge in [-0.25, -0.2) is 4.79 Å². The lowest BCUT2D eigenvalue weighted by atomic mass is 10.00. The molecule has 0 radical (unpaired) electrons. The van der Waals surface area contributed by atoms with Crippen LogP contribution in [0.1, 0.15) is 34.6 Å². The van der Waals surface area contributed by atoms with Crippen LogP contribution in [0, 0.1) is 5.92 Å². The molecule has 0 aliphatic carbocycles. The number of fused-ring (bicyclic) bond motifs is 1. The first-order valence-corrected chi connectivity index (χ1v) is 11.4. The van der Waals surface area contributed by atoms with Gasteiger partial charge in [0.1, 0.15) is 30.0 Å². The van der Waals surface area contributed by atoms with Crippen molar-refractivity contribution in [1.82, 2.24) is 4.57 Å². The van der Waals surface area contributed by atoms with Crippen LogP contribution in [-0.2, 0) is 6.54 Å². The number of aliphatic hydroxyl groups is 1. The number of aromatic carboxylic acids is 1. The van der Waals surface area contributed by atoms with Crippen LogP contribution in [-0.4, -0.2) is 39.2 Å². The van der Waals surface area contributed by atoms with Gasteiger partial charge in [0, 0.05) is 28.6 Å². The number of benzene rings is 3. The molecule has 0 unspecified atom stereocenters. The molecule has 0 aliphatic heterocycles. The predicted molar refractivity (Wildman–Crippen MR) is 133 cm³/mol. The molecule has 7 heteroatoms. The molecule has 0 saturated heterocycles. The van der Waals surface area contributed by atoms with E-state index in [-0.39, 0.29) is 30.4 Å². The van der Waals surface area contributed by atoms with E-state index in [4.69, 9.17) is 9.47 Å². The van der Waals surface area contributed by atoms with Crippen LogP contribution in [0.5, 0.6) is 17.2 Å². The first-order valence-electron chi connectivity index (χ1n) is 11.4. The molecular weight excluding hydrogens is 446 g/mol. The predicted octanol–water partition coefficient (Wildman–Crippen LogP) is 5.41. The number of hydrogen-bond donors (Lipinski definition) is 2. The number of nitrogens with zero attached hydrogens (tertiary/aromatic N) is 1. The van der Waals surface area contributed by atoms with E-state index >= 15 is 0 Å². The second-order valence-corrected chi connectivity index (χ2v) is 8.60. The Hall–Kier alpha value is -4.10. The number of aliphatic hydroxyl groups excluding tert-OH is 1. The fourth-order valence-corrected chi connectivity index (χ4v) is 3.79. The SMILES string of the molecule is CC(C)C(=O)c1cn(C[C@H](O)COc2ccc(Oc3ccccc3)cc2)c2ccc(C(=O)O)cc12. The fraction of sp³-hybridized carbons (Fsp3) is 0.214. The number of rotatable bonds is 10. The smallest absolute Gasteiger partial charge is 0.335 e. The van der Waals surface area contributed by atoms with Gasteiger partial charge in [0.05, 0.1) is 12.1 Å². The number of carbonyl (C=O) groups is 2. The van der Waals surface area contributed by atoms with E-state index in [1.807, 2.05) is 30.3 Å². The molecular formula is C28H27NO6. The maximum absolute atomic E-state index is 12.7.